The Morgan fingerprint density at radius 1 is 1.44 bits per heavy atom. The second-order valence-electron chi connectivity index (χ2n) is 6.25. The normalized spacial score (nSPS) is 11.3. The Labute approximate surface area is 145 Å². The monoisotopic (exact) mass is 341 g/mol. The van der Waals surface area contributed by atoms with Crippen LogP contribution in [-0.4, -0.2) is 23.7 Å². The van der Waals surface area contributed by atoms with Gasteiger partial charge >= 0.3 is 0 Å². The third kappa shape index (κ3) is 5.07. The van der Waals surface area contributed by atoms with Gasteiger partial charge in [-0.1, -0.05) is 20.8 Å². The second-order valence-corrected chi connectivity index (χ2v) is 6.25. The summed E-state index contributed by atoms with van der Waals surface area (Å²) >= 11 is 0. The van der Waals surface area contributed by atoms with Gasteiger partial charge in [-0.15, -0.1) is 0 Å². The van der Waals surface area contributed by atoms with Crippen molar-refractivity contribution in [3.63, 3.8) is 0 Å². The number of amides is 1. The Balaban J connectivity index is 2.02. The summed E-state index contributed by atoms with van der Waals surface area (Å²) in [5.74, 6) is 0.647. The van der Waals surface area contributed by atoms with Gasteiger partial charge in [0.05, 0.1) is 6.21 Å². The summed E-state index contributed by atoms with van der Waals surface area (Å²) in [5, 5.41) is 13.2. The number of aromatic nitrogens is 1. The van der Waals surface area contributed by atoms with Crippen LogP contribution in [0.2, 0.25) is 0 Å². The Kier molecular flexibility index (Phi) is 5.39. The number of nitriles is 1. The van der Waals surface area contributed by atoms with Gasteiger partial charge in [-0.25, -0.2) is 5.43 Å². The molecule has 0 aliphatic heterocycles. The molecule has 1 amide bonds. The molecule has 0 aliphatic rings. The van der Waals surface area contributed by atoms with Crippen LogP contribution in [0.4, 0.5) is 5.88 Å². The zero-order chi connectivity index (χ0) is 18.4. The minimum absolute atomic E-state index is 0.150. The molecule has 0 fully saturated rings. The van der Waals surface area contributed by atoms with Gasteiger partial charge in [-0.05, 0) is 29.8 Å². The molecule has 2 aromatic rings. The van der Waals surface area contributed by atoms with Crippen molar-refractivity contribution in [2.45, 2.75) is 26.2 Å². The van der Waals surface area contributed by atoms with Crippen molar-refractivity contribution in [2.24, 2.45) is 10.8 Å². The van der Waals surface area contributed by atoms with Crippen molar-refractivity contribution in [3.8, 4) is 11.8 Å². The third-order valence-corrected chi connectivity index (χ3v) is 3.02. The number of hydrogen-bond donors (Lipinski definition) is 2. The summed E-state index contributed by atoms with van der Waals surface area (Å²) in [6.45, 7) is 5.65. The van der Waals surface area contributed by atoms with E-state index in [1.54, 1.807) is 30.5 Å². The fourth-order valence-electron chi connectivity index (χ4n) is 1.76. The van der Waals surface area contributed by atoms with Crippen LogP contribution < -0.4 is 15.9 Å². The minimum atomic E-state index is -0.537. The van der Waals surface area contributed by atoms with Crippen LogP contribution in [0.3, 0.4) is 0 Å². The summed E-state index contributed by atoms with van der Waals surface area (Å²) in [4.78, 5) is 14.8. The molecule has 8 nitrogen and oxygen atoms in total. The number of nitrogens with two attached hydrogens (primary N) is 1. The zero-order valence-electron chi connectivity index (χ0n) is 14.2. The Morgan fingerprint density at radius 2 is 2.12 bits per heavy atom. The van der Waals surface area contributed by atoms with E-state index in [1.807, 2.05) is 26.8 Å². The van der Waals surface area contributed by atoms with Gasteiger partial charge in [0.15, 0.2) is 6.61 Å². The number of hydrazone groups is 1. The number of hydrogen-bond acceptors (Lipinski definition) is 7. The number of carbonyl (C=O) groups is 1. The average molecular weight is 341 g/mol. The maximum absolute atomic E-state index is 10.7. The van der Waals surface area contributed by atoms with Crippen molar-refractivity contribution in [2.75, 3.05) is 12.0 Å². The van der Waals surface area contributed by atoms with E-state index in [2.05, 4.69) is 15.5 Å². The Hall–Kier alpha value is -3.34. The highest BCUT2D eigenvalue weighted by Crippen LogP contribution is 2.26. The number of nitrogens with zero attached hydrogens (tertiary/aromatic N) is 3. The molecule has 25 heavy (non-hydrogen) atoms. The van der Waals surface area contributed by atoms with Crippen LogP contribution >= 0.6 is 0 Å². The smallest absolute Gasteiger partial charge is 0.255 e. The van der Waals surface area contributed by atoms with E-state index in [0.29, 0.717) is 11.6 Å². The highest BCUT2D eigenvalue weighted by Gasteiger charge is 2.23. The lowest BCUT2D eigenvalue weighted by Gasteiger charge is -2.11. The maximum atomic E-state index is 10.7. The van der Waals surface area contributed by atoms with Gasteiger partial charge in [0.25, 0.3) is 11.8 Å². The van der Waals surface area contributed by atoms with Crippen LogP contribution in [0.5, 0.6) is 5.75 Å². The van der Waals surface area contributed by atoms with Crippen LogP contribution in [0.25, 0.3) is 0 Å². The number of oxazole rings is 1. The summed E-state index contributed by atoms with van der Waals surface area (Å²) in [6.07, 6.45) is 1.55. The van der Waals surface area contributed by atoms with Gasteiger partial charge in [0, 0.05) is 5.41 Å². The van der Waals surface area contributed by atoms with Gasteiger partial charge < -0.3 is 14.9 Å². The molecule has 3 N–H and O–H groups in total. The van der Waals surface area contributed by atoms with E-state index in [0.717, 1.165) is 5.56 Å². The van der Waals surface area contributed by atoms with E-state index in [4.69, 9.17) is 20.1 Å². The molecule has 0 bridgehead atoms. The lowest BCUT2D eigenvalue weighted by Crippen LogP contribution is -2.19. The van der Waals surface area contributed by atoms with Gasteiger partial charge in [0.2, 0.25) is 11.6 Å². The molecule has 130 valence electrons. The molecule has 0 unspecified atom stereocenters. The van der Waals surface area contributed by atoms with Crippen molar-refractivity contribution >= 4 is 18.0 Å². The van der Waals surface area contributed by atoms with Crippen LogP contribution in [0.1, 0.15) is 37.9 Å². The third-order valence-electron chi connectivity index (χ3n) is 3.02. The molecule has 8 heteroatoms. The van der Waals surface area contributed by atoms with Crippen molar-refractivity contribution in [1.29, 1.82) is 5.26 Å². The highest BCUT2D eigenvalue weighted by atomic mass is 16.5. The van der Waals surface area contributed by atoms with Crippen molar-refractivity contribution < 1.29 is 13.9 Å². The molecule has 0 aliphatic carbocycles. The van der Waals surface area contributed by atoms with Gasteiger partial charge in [-0.2, -0.15) is 15.3 Å². The summed E-state index contributed by atoms with van der Waals surface area (Å²) in [7, 11) is 0. The highest BCUT2D eigenvalue weighted by molar-refractivity contribution is 5.80. The SMILES string of the molecule is CC(C)(C)c1nc(C#N)c(NN=Cc2ccc(OCC(N)=O)cc2)o1. The summed E-state index contributed by atoms with van der Waals surface area (Å²) in [5.41, 5.74) is 8.32. The Morgan fingerprint density at radius 3 is 2.68 bits per heavy atom. The van der Waals surface area contributed by atoms with E-state index < -0.39 is 5.91 Å². The lowest BCUT2D eigenvalue weighted by atomic mass is 9.97. The predicted octanol–water partition coefficient (Wildman–Crippen LogP) is 2.15. The average Bonchev–Trinajstić information content (AvgIpc) is 2.97. The molecular formula is C17H19N5O3. The molecular weight excluding hydrogens is 322 g/mol. The molecule has 0 atom stereocenters. The number of rotatable bonds is 6. The number of ether oxygens (including phenoxy) is 1. The predicted molar refractivity (Wildman–Crippen MR) is 92.3 cm³/mol. The summed E-state index contributed by atoms with van der Waals surface area (Å²) < 4.78 is 10.7. The number of benzene rings is 1. The molecule has 2 rings (SSSR count). The molecule has 1 aromatic heterocycles. The van der Waals surface area contributed by atoms with Crippen LogP contribution in [-0.2, 0) is 10.2 Å². The fourth-order valence-corrected chi connectivity index (χ4v) is 1.76. The molecule has 1 aromatic carbocycles. The number of carbonyl (C=O) groups excluding carboxylic acids is 1. The molecule has 1 heterocycles. The first-order chi connectivity index (χ1) is 11.8. The lowest BCUT2D eigenvalue weighted by molar-refractivity contribution is -0.119. The van der Waals surface area contributed by atoms with E-state index in [1.165, 1.54) is 0 Å². The summed E-state index contributed by atoms with van der Waals surface area (Å²) in [6, 6.07) is 8.87. The molecule has 0 spiro atoms. The second kappa shape index (κ2) is 7.49. The quantitative estimate of drug-likeness (QED) is 0.612. The number of nitrogens with one attached hydrogen (secondary N) is 1. The standard InChI is InChI=1S/C17H19N5O3/c1-17(2,3)16-21-13(8-18)15(25-16)22-20-9-11-4-6-12(7-5-11)24-10-14(19)23/h4-7,9,22H,10H2,1-3H3,(H2,19,23). The number of primary amides is 1. The largest absolute Gasteiger partial charge is 0.484 e. The topological polar surface area (TPSA) is 127 Å². The maximum Gasteiger partial charge on any atom is 0.255 e. The van der Waals surface area contributed by atoms with Crippen molar-refractivity contribution in [3.05, 3.63) is 41.4 Å². The van der Waals surface area contributed by atoms with Crippen LogP contribution in [0.15, 0.2) is 33.8 Å². The van der Waals surface area contributed by atoms with E-state index >= 15 is 0 Å². The van der Waals surface area contributed by atoms with Gasteiger partial charge in [0.1, 0.15) is 11.8 Å². The molecule has 0 saturated heterocycles. The van der Waals surface area contributed by atoms with Crippen molar-refractivity contribution in [1.82, 2.24) is 4.98 Å². The first-order valence-corrected chi connectivity index (χ1v) is 7.51. The first kappa shape index (κ1) is 18.0. The molecule has 0 radical (unpaired) electrons. The number of anilines is 1. The van der Waals surface area contributed by atoms with E-state index in [9.17, 15) is 4.79 Å². The van der Waals surface area contributed by atoms with Gasteiger partial charge in [-0.3, -0.25) is 4.79 Å². The van der Waals surface area contributed by atoms with E-state index in [-0.39, 0.29) is 23.6 Å². The van der Waals surface area contributed by atoms with Crippen LogP contribution in [0, 0.1) is 11.3 Å². The zero-order valence-corrected chi connectivity index (χ0v) is 14.2. The fraction of sp³-hybridized carbons (Fsp3) is 0.294. The Bertz CT molecular complexity index is 810. The molecule has 0 saturated carbocycles. The minimum Gasteiger partial charge on any atom is -0.484 e. The first-order valence-electron chi connectivity index (χ1n) is 7.51.